The van der Waals surface area contributed by atoms with E-state index in [9.17, 15) is 4.79 Å². The summed E-state index contributed by atoms with van der Waals surface area (Å²) in [5.74, 6) is 1.15. The molecule has 1 amide bonds. The lowest BCUT2D eigenvalue weighted by atomic mass is 10.1. The SMILES string of the molecule is COc1ccc(N2CCN(CC(=O)N3CCN(Cc4ccccc4C)CC3)CC2)cc1. The maximum absolute atomic E-state index is 12.8. The second kappa shape index (κ2) is 10.2. The van der Waals surface area contributed by atoms with E-state index >= 15 is 0 Å². The average Bonchev–Trinajstić information content (AvgIpc) is 2.81. The van der Waals surface area contributed by atoms with Crippen LogP contribution in [-0.2, 0) is 11.3 Å². The minimum Gasteiger partial charge on any atom is -0.497 e. The fourth-order valence-electron chi connectivity index (χ4n) is 4.43. The first kappa shape index (κ1) is 21.7. The molecule has 2 saturated heterocycles. The lowest BCUT2D eigenvalue weighted by Gasteiger charge is -2.38. The van der Waals surface area contributed by atoms with Crippen molar-refractivity contribution >= 4 is 11.6 Å². The summed E-state index contributed by atoms with van der Waals surface area (Å²) in [6, 6.07) is 16.8. The Bertz CT molecular complexity index is 854. The Labute approximate surface area is 186 Å². The molecule has 2 aliphatic rings. The van der Waals surface area contributed by atoms with Gasteiger partial charge in [0.05, 0.1) is 13.7 Å². The molecule has 0 aromatic heterocycles. The van der Waals surface area contributed by atoms with E-state index in [1.807, 2.05) is 17.0 Å². The number of methoxy groups -OCH3 is 1. The van der Waals surface area contributed by atoms with Gasteiger partial charge in [0.2, 0.25) is 5.91 Å². The van der Waals surface area contributed by atoms with Gasteiger partial charge in [-0.25, -0.2) is 0 Å². The van der Waals surface area contributed by atoms with E-state index in [1.165, 1.54) is 16.8 Å². The summed E-state index contributed by atoms with van der Waals surface area (Å²) in [4.78, 5) is 22.0. The van der Waals surface area contributed by atoms with Crippen LogP contribution >= 0.6 is 0 Å². The molecule has 4 rings (SSSR count). The molecular weight excluding hydrogens is 388 g/mol. The second-order valence-electron chi connectivity index (χ2n) is 8.54. The number of amides is 1. The van der Waals surface area contributed by atoms with Crippen LogP contribution in [0.15, 0.2) is 48.5 Å². The first-order chi connectivity index (χ1) is 15.1. The zero-order chi connectivity index (χ0) is 21.6. The largest absolute Gasteiger partial charge is 0.497 e. The van der Waals surface area contributed by atoms with Crippen molar-refractivity contribution in [1.82, 2.24) is 14.7 Å². The van der Waals surface area contributed by atoms with E-state index < -0.39 is 0 Å². The van der Waals surface area contributed by atoms with E-state index in [-0.39, 0.29) is 5.91 Å². The number of rotatable bonds is 6. The van der Waals surface area contributed by atoms with Gasteiger partial charge >= 0.3 is 0 Å². The molecule has 6 heteroatoms. The standard InChI is InChI=1S/C25H34N4O2/c1-21-5-3-4-6-22(21)19-26-13-17-29(18-14-26)25(30)20-27-11-15-28(16-12-27)23-7-9-24(31-2)10-8-23/h3-10H,11-20H2,1-2H3. The van der Waals surface area contributed by atoms with Crippen molar-refractivity contribution in [1.29, 1.82) is 0 Å². The summed E-state index contributed by atoms with van der Waals surface area (Å²) in [6.07, 6.45) is 0. The highest BCUT2D eigenvalue weighted by Crippen LogP contribution is 2.20. The first-order valence-corrected chi connectivity index (χ1v) is 11.3. The normalized spacial score (nSPS) is 18.3. The predicted molar refractivity (Wildman–Crippen MR) is 125 cm³/mol. The van der Waals surface area contributed by atoms with Crippen molar-refractivity contribution in [2.24, 2.45) is 0 Å². The van der Waals surface area contributed by atoms with E-state index in [1.54, 1.807) is 7.11 Å². The molecular formula is C25H34N4O2. The summed E-state index contributed by atoms with van der Waals surface area (Å²) >= 11 is 0. The number of piperazine rings is 2. The lowest BCUT2D eigenvalue weighted by molar-refractivity contribution is -0.134. The third-order valence-electron chi connectivity index (χ3n) is 6.55. The Morgan fingerprint density at radius 3 is 2.13 bits per heavy atom. The number of nitrogens with zero attached hydrogens (tertiary/aromatic N) is 4. The van der Waals surface area contributed by atoms with Crippen LogP contribution in [0.5, 0.6) is 5.75 Å². The van der Waals surface area contributed by atoms with Crippen molar-refractivity contribution in [2.75, 3.05) is 70.9 Å². The molecule has 0 radical (unpaired) electrons. The summed E-state index contributed by atoms with van der Waals surface area (Å²) in [5, 5.41) is 0. The molecule has 0 N–H and O–H groups in total. The minimum atomic E-state index is 0.272. The Balaban J connectivity index is 1.19. The number of ether oxygens (including phenoxy) is 1. The van der Waals surface area contributed by atoms with Crippen LogP contribution in [0.4, 0.5) is 5.69 Å². The summed E-state index contributed by atoms with van der Waals surface area (Å²) in [6.45, 7) is 11.0. The number of carbonyl (C=O) groups excluding carboxylic acids is 1. The smallest absolute Gasteiger partial charge is 0.236 e. The maximum atomic E-state index is 12.8. The molecule has 0 saturated carbocycles. The molecule has 2 aromatic carbocycles. The van der Waals surface area contributed by atoms with Gasteiger partial charge in [-0.05, 0) is 42.3 Å². The number of anilines is 1. The predicted octanol–water partition coefficient (Wildman–Crippen LogP) is 2.47. The highest BCUT2D eigenvalue weighted by Gasteiger charge is 2.25. The van der Waals surface area contributed by atoms with Gasteiger partial charge < -0.3 is 14.5 Å². The van der Waals surface area contributed by atoms with Crippen LogP contribution < -0.4 is 9.64 Å². The van der Waals surface area contributed by atoms with Gasteiger partial charge in [-0.15, -0.1) is 0 Å². The van der Waals surface area contributed by atoms with Gasteiger partial charge in [0, 0.05) is 64.6 Å². The molecule has 2 aromatic rings. The number of carbonyl (C=O) groups is 1. The number of hydrogen-bond donors (Lipinski definition) is 0. The Morgan fingerprint density at radius 2 is 1.48 bits per heavy atom. The van der Waals surface area contributed by atoms with Crippen LogP contribution in [0, 0.1) is 6.92 Å². The van der Waals surface area contributed by atoms with Crippen molar-refractivity contribution in [2.45, 2.75) is 13.5 Å². The van der Waals surface area contributed by atoms with Crippen LogP contribution in [0.1, 0.15) is 11.1 Å². The molecule has 0 atom stereocenters. The summed E-state index contributed by atoms with van der Waals surface area (Å²) < 4.78 is 5.24. The van der Waals surface area contributed by atoms with Crippen LogP contribution in [0.2, 0.25) is 0 Å². The van der Waals surface area contributed by atoms with E-state index in [2.05, 4.69) is 58.0 Å². The third kappa shape index (κ3) is 5.57. The van der Waals surface area contributed by atoms with Gasteiger partial charge in [0.1, 0.15) is 5.75 Å². The lowest BCUT2D eigenvalue weighted by Crippen LogP contribution is -2.53. The molecule has 6 nitrogen and oxygen atoms in total. The molecule has 166 valence electrons. The van der Waals surface area contributed by atoms with Gasteiger partial charge in [-0.3, -0.25) is 14.6 Å². The molecule has 2 heterocycles. The van der Waals surface area contributed by atoms with Gasteiger partial charge in [0.15, 0.2) is 0 Å². The molecule has 2 fully saturated rings. The van der Waals surface area contributed by atoms with Crippen LogP contribution in [0.25, 0.3) is 0 Å². The monoisotopic (exact) mass is 422 g/mol. The van der Waals surface area contributed by atoms with Gasteiger partial charge in [-0.1, -0.05) is 24.3 Å². The van der Waals surface area contributed by atoms with Crippen molar-refractivity contribution in [3.63, 3.8) is 0 Å². The molecule has 31 heavy (non-hydrogen) atoms. The fourth-order valence-corrected chi connectivity index (χ4v) is 4.43. The quantitative estimate of drug-likeness (QED) is 0.715. The van der Waals surface area contributed by atoms with Gasteiger partial charge in [0.25, 0.3) is 0 Å². The van der Waals surface area contributed by atoms with Gasteiger partial charge in [-0.2, -0.15) is 0 Å². The van der Waals surface area contributed by atoms with E-state index in [0.717, 1.165) is 64.7 Å². The number of aryl methyl sites for hydroxylation is 1. The van der Waals surface area contributed by atoms with Crippen LogP contribution in [0.3, 0.4) is 0 Å². The highest BCUT2D eigenvalue weighted by atomic mass is 16.5. The topological polar surface area (TPSA) is 39.3 Å². The maximum Gasteiger partial charge on any atom is 0.236 e. The first-order valence-electron chi connectivity index (χ1n) is 11.3. The zero-order valence-electron chi connectivity index (χ0n) is 18.8. The molecule has 0 aliphatic carbocycles. The zero-order valence-corrected chi connectivity index (χ0v) is 18.8. The second-order valence-corrected chi connectivity index (χ2v) is 8.54. The molecule has 0 unspecified atom stereocenters. The Hall–Kier alpha value is -2.57. The number of hydrogen-bond acceptors (Lipinski definition) is 5. The molecule has 0 bridgehead atoms. The van der Waals surface area contributed by atoms with Crippen LogP contribution in [-0.4, -0.2) is 86.6 Å². The summed E-state index contributed by atoms with van der Waals surface area (Å²) in [5.41, 5.74) is 3.95. The Kier molecular flexibility index (Phi) is 7.10. The Morgan fingerprint density at radius 1 is 0.839 bits per heavy atom. The average molecular weight is 423 g/mol. The fraction of sp³-hybridized carbons (Fsp3) is 0.480. The number of benzene rings is 2. The van der Waals surface area contributed by atoms with E-state index in [0.29, 0.717) is 6.54 Å². The van der Waals surface area contributed by atoms with E-state index in [4.69, 9.17) is 4.74 Å². The van der Waals surface area contributed by atoms with Crippen molar-refractivity contribution < 1.29 is 9.53 Å². The molecule has 2 aliphatic heterocycles. The van der Waals surface area contributed by atoms with Crippen molar-refractivity contribution in [3.8, 4) is 5.75 Å². The third-order valence-corrected chi connectivity index (χ3v) is 6.55. The molecule has 0 spiro atoms. The van der Waals surface area contributed by atoms with Crippen molar-refractivity contribution in [3.05, 3.63) is 59.7 Å². The minimum absolute atomic E-state index is 0.272. The highest BCUT2D eigenvalue weighted by molar-refractivity contribution is 5.78. The summed E-state index contributed by atoms with van der Waals surface area (Å²) in [7, 11) is 1.69.